The van der Waals surface area contributed by atoms with Crippen molar-refractivity contribution in [2.45, 2.75) is 56.0 Å². The summed E-state index contributed by atoms with van der Waals surface area (Å²) in [6.07, 6.45) is 2.22. The van der Waals surface area contributed by atoms with Crippen LogP contribution in [0.15, 0.2) is 35.5 Å². The van der Waals surface area contributed by atoms with Crippen molar-refractivity contribution in [2.24, 2.45) is 0 Å². The Hall–Kier alpha value is -2.35. The summed E-state index contributed by atoms with van der Waals surface area (Å²) in [6.45, 7) is 5.43. The number of benzene rings is 1. The Bertz CT molecular complexity index is 786. The standard InChI is InChI=1S/C18H23N5O2S/c1-11(2)19-17(25)20-16(24)12(3)26-18-22-21-15(13-9-10-13)23(18)14-7-5-4-6-8-14/h4-8,11-13H,9-10H2,1-3H3,(H2,19,20,24,25)/t12-/m0/s1. The lowest BCUT2D eigenvalue weighted by Gasteiger charge is -2.14. The van der Waals surface area contributed by atoms with Crippen LogP contribution in [0.3, 0.4) is 0 Å². The fraction of sp³-hybridized carbons (Fsp3) is 0.444. The summed E-state index contributed by atoms with van der Waals surface area (Å²) in [7, 11) is 0. The van der Waals surface area contributed by atoms with Crippen molar-refractivity contribution in [3.63, 3.8) is 0 Å². The lowest BCUT2D eigenvalue weighted by Crippen LogP contribution is -2.45. The van der Waals surface area contributed by atoms with Crippen molar-refractivity contribution in [3.8, 4) is 5.69 Å². The molecule has 3 rings (SSSR count). The van der Waals surface area contributed by atoms with Gasteiger partial charge in [-0.05, 0) is 45.7 Å². The first-order chi connectivity index (χ1) is 12.5. The fourth-order valence-corrected chi connectivity index (χ4v) is 3.38. The average molecular weight is 373 g/mol. The first-order valence-corrected chi connectivity index (χ1v) is 9.62. The number of urea groups is 1. The minimum Gasteiger partial charge on any atom is -0.336 e. The molecule has 0 spiro atoms. The number of thioether (sulfide) groups is 1. The molecule has 26 heavy (non-hydrogen) atoms. The molecule has 138 valence electrons. The maximum atomic E-state index is 12.3. The number of imide groups is 1. The van der Waals surface area contributed by atoms with Crippen LogP contribution in [0.25, 0.3) is 5.69 Å². The van der Waals surface area contributed by atoms with Crippen molar-refractivity contribution < 1.29 is 9.59 Å². The lowest BCUT2D eigenvalue weighted by atomic mass is 10.3. The second kappa shape index (κ2) is 7.90. The minimum atomic E-state index is -0.486. The Morgan fingerprint density at radius 3 is 2.46 bits per heavy atom. The van der Waals surface area contributed by atoms with Gasteiger partial charge >= 0.3 is 6.03 Å². The zero-order valence-electron chi connectivity index (χ0n) is 15.1. The normalized spacial score (nSPS) is 14.9. The highest BCUT2D eigenvalue weighted by atomic mass is 32.2. The number of para-hydroxylation sites is 1. The molecule has 8 heteroatoms. The molecule has 2 N–H and O–H groups in total. The van der Waals surface area contributed by atoms with E-state index in [4.69, 9.17) is 0 Å². The Kier molecular flexibility index (Phi) is 5.61. The van der Waals surface area contributed by atoms with E-state index in [9.17, 15) is 9.59 Å². The molecular weight excluding hydrogens is 350 g/mol. The largest absolute Gasteiger partial charge is 0.336 e. The van der Waals surface area contributed by atoms with Crippen LogP contribution in [-0.4, -0.2) is 38.0 Å². The topological polar surface area (TPSA) is 88.9 Å². The number of nitrogens with zero attached hydrogens (tertiary/aromatic N) is 3. The average Bonchev–Trinajstić information content (AvgIpc) is 3.35. The van der Waals surface area contributed by atoms with Crippen molar-refractivity contribution in [1.29, 1.82) is 0 Å². The van der Waals surface area contributed by atoms with Gasteiger partial charge in [0.15, 0.2) is 5.16 Å². The third kappa shape index (κ3) is 4.43. The monoisotopic (exact) mass is 373 g/mol. The predicted molar refractivity (Wildman–Crippen MR) is 100 cm³/mol. The number of aromatic nitrogens is 3. The number of hydrogen-bond donors (Lipinski definition) is 2. The maximum absolute atomic E-state index is 12.3. The number of hydrogen-bond acceptors (Lipinski definition) is 5. The molecule has 1 saturated carbocycles. The summed E-state index contributed by atoms with van der Waals surface area (Å²) < 4.78 is 2.01. The molecule has 0 bridgehead atoms. The van der Waals surface area contributed by atoms with Gasteiger partial charge in [-0.1, -0.05) is 30.0 Å². The van der Waals surface area contributed by atoms with E-state index in [2.05, 4.69) is 20.8 Å². The minimum absolute atomic E-state index is 0.0342. The van der Waals surface area contributed by atoms with Gasteiger partial charge in [-0.2, -0.15) is 0 Å². The van der Waals surface area contributed by atoms with E-state index in [0.717, 1.165) is 24.4 Å². The van der Waals surface area contributed by atoms with Crippen LogP contribution in [-0.2, 0) is 4.79 Å². The second-order valence-corrected chi connectivity index (χ2v) is 7.97. The number of rotatable bonds is 6. The third-order valence-corrected chi connectivity index (χ3v) is 4.97. The quantitative estimate of drug-likeness (QED) is 0.760. The molecule has 7 nitrogen and oxygen atoms in total. The van der Waals surface area contributed by atoms with E-state index < -0.39 is 11.3 Å². The molecule has 1 aromatic heterocycles. The number of carbonyl (C=O) groups is 2. The van der Waals surface area contributed by atoms with Gasteiger partial charge in [0.25, 0.3) is 0 Å². The summed E-state index contributed by atoms with van der Waals surface area (Å²) >= 11 is 1.30. The van der Waals surface area contributed by atoms with Crippen LogP contribution in [0, 0.1) is 0 Å². The van der Waals surface area contributed by atoms with Gasteiger partial charge in [-0.25, -0.2) is 4.79 Å². The summed E-state index contributed by atoms with van der Waals surface area (Å²) in [5, 5.41) is 13.8. The van der Waals surface area contributed by atoms with Gasteiger partial charge in [0.1, 0.15) is 5.82 Å². The van der Waals surface area contributed by atoms with Gasteiger partial charge in [0, 0.05) is 17.6 Å². The molecule has 0 aliphatic heterocycles. The molecule has 3 amide bonds. The van der Waals surface area contributed by atoms with E-state index >= 15 is 0 Å². The first-order valence-electron chi connectivity index (χ1n) is 8.74. The van der Waals surface area contributed by atoms with Crippen LogP contribution in [0.4, 0.5) is 4.79 Å². The van der Waals surface area contributed by atoms with Crippen LogP contribution >= 0.6 is 11.8 Å². The highest BCUT2D eigenvalue weighted by Gasteiger charge is 2.32. The molecule has 1 aliphatic carbocycles. The molecule has 1 heterocycles. The van der Waals surface area contributed by atoms with Crippen LogP contribution < -0.4 is 10.6 Å². The predicted octanol–water partition coefficient (Wildman–Crippen LogP) is 2.86. The van der Waals surface area contributed by atoms with Crippen molar-refractivity contribution in [1.82, 2.24) is 25.4 Å². The molecule has 0 unspecified atom stereocenters. The van der Waals surface area contributed by atoms with E-state index in [0.29, 0.717) is 11.1 Å². The Morgan fingerprint density at radius 1 is 1.15 bits per heavy atom. The van der Waals surface area contributed by atoms with Gasteiger partial charge in [-0.15, -0.1) is 10.2 Å². The molecule has 1 atom stereocenters. The first kappa shape index (κ1) is 18.4. The van der Waals surface area contributed by atoms with Crippen LogP contribution in [0.5, 0.6) is 0 Å². The molecule has 0 saturated heterocycles. The van der Waals surface area contributed by atoms with Crippen LogP contribution in [0.2, 0.25) is 0 Å². The van der Waals surface area contributed by atoms with Gasteiger partial charge in [0.05, 0.1) is 5.25 Å². The van der Waals surface area contributed by atoms with E-state index in [1.54, 1.807) is 6.92 Å². The van der Waals surface area contributed by atoms with Gasteiger partial charge in [0.2, 0.25) is 5.91 Å². The lowest BCUT2D eigenvalue weighted by molar-refractivity contribution is -0.119. The number of amides is 3. The highest BCUT2D eigenvalue weighted by molar-refractivity contribution is 8.00. The molecular formula is C18H23N5O2S. The Morgan fingerprint density at radius 2 is 1.85 bits per heavy atom. The fourth-order valence-electron chi connectivity index (χ4n) is 2.51. The number of carbonyl (C=O) groups excluding carboxylic acids is 2. The zero-order chi connectivity index (χ0) is 18.7. The summed E-state index contributed by atoms with van der Waals surface area (Å²) in [4.78, 5) is 24.0. The van der Waals surface area contributed by atoms with Crippen molar-refractivity contribution >= 4 is 23.7 Å². The highest BCUT2D eigenvalue weighted by Crippen LogP contribution is 2.41. The molecule has 1 aliphatic rings. The molecule has 2 aromatic rings. The number of nitrogens with one attached hydrogen (secondary N) is 2. The van der Waals surface area contributed by atoms with Gasteiger partial charge in [-0.3, -0.25) is 14.7 Å². The summed E-state index contributed by atoms with van der Waals surface area (Å²) in [6, 6.07) is 9.37. The van der Waals surface area contributed by atoms with E-state index in [1.165, 1.54) is 11.8 Å². The smallest absolute Gasteiger partial charge is 0.321 e. The molecule has 1 aromatic carbocycles. The van der Waals surface area contributed by atoms with E-state index in [-0.39, 0.29) is 11.9 Å². The maximum Gasteiger partial charge on any atom is 0.321 e. The van der Waals surface area contributed by atoms with Gasteiger partial charge < -0.3 is 5.32 Å². The van der Waals surface area contributed by atoms with Crippen molar-refractivity contribution in [3.05, 3.63) is 36.2 Å². The van der Waals surface area contributed by atoms with Crippen molar-refractivity contribution in [2.75, 3.05) is 0 Å². The second-order valence-electron chi connectivity index (χ2n) is 6.66. The molecule has 1 fully saturated rings. The van der Waals surface area contributed by atoms with Crippen LogP contribution in [0.1, 0.15) is 45.4 Å². The third-order valence-electron chi connectivity index (χ3n) is 3.92. The summed E-state index contributed by atoms with van der Waals surface area (Å²) in [5.74, 6) is 1.01. The zero-order valence-corrected chi connectivity index (χ0v) is 15.9. The Balaban J connectivity index is 1.75. The van der Waals surface area contributed by atoms with E-state index in [1.807, 2.05) is 48.7 Å². The SMILES string of the molecule is CC(C)NC(=O)NC(=O)[C@H](C)Sc1nnc(C2CC2)n1-c1ccccc1. The summed E-state index contributed by atoms with van der Waals surface area (Å²) in [5.41, 5.74) is 0.979. The molecule has 0 radical (unpaired) electrons. The Labute approximate surface area is 157 Å².